The van der Waals surface area contributed by atoms with Crippen LogP contribution in [-0.4, -0.2) is 26.4 Å². The lowest BCUT2D eigenvalue weighted by Crippen LogP contribution is -2.29. The highest BCUT2D eigenvalue weighted by molar-refractivity contribution is 5.86. The third-order valence-electron chi connectivity index (χ3n) is 4.29. The van der Waals surface area contributed by atoms with Gasteiger partial charge in [0.05, 0.1) is 12.8 Å². The van der Waals surface area contributed by atoms with Crippen LogP contribution < -0.4 is 9.64 Å². The fraction of sp³-hybridized carbons (Fsp3) is 0.350. The largest absolute Gasteiger partial charge is 0.496 e. The molecular formula is C20H24N2O. The summed E-state index contributed by atoms with van der Waals surface area (Å²) in [6.07, 6.45) is 5.78. The van der Waals surface area contributed by atoms with Crippen molar-refractivity contribution in [2.45, 2.75) is 26.2 Å². The van der Waals surface area contributed by atoms with Crippen molar-refractivity contribution in [2.75, 3.05) is 25.1 Å². The molecule has 0 saturated carbocycles. The summed E-state index contributed by atoms with van der Waals surface area (Å²) in [5.74, 6) is 0.879. The highest BCUT2D eigenvalue weighted by atomic mass is 16.5. The van der Waals surface area contributed by atoms with Gasteiger partial charge in [-0.3, -0.25) is 4.99 Å². The highest BCUT2D eigenvalue weighted by Crippen LogP contribution is 2.27. The Kier molecular flexibility index (Phi) is 4.96. The van der Waals surface area contributed by atoms with E-state index >= 15 is 0 Å². The van der Waals surface area contributed by atoms with E-state index in [9.17, 15) is 0 Å². The summed E-state index contributed by atoms with van der Waals surface area (Å²) in [6, 6.07) is 14.6. The third kappa shape index (κ3) is 3.92. The maximum atomic E-state index is 5.57. The molecule has 0 atom stereocenters. The molecule has 23 heavy (non-hydrogen) atoms. The van der Waals surface area contributed by atoms with Crippen molar-refractivity contribution in [3.63, 3.8) is 0 Å². The molecule has 0 N–H and O–H groups in total. The van der Waals surface area contributed by atoms with Gasteiger partial charge in [-0.2, -0.15) is 0 Å². The van der Waals surface area contributed by atoms with Crippen molar-refractivity contribution in [3.8, 4) is 5.75 Å². The van der Waals surface area contributed by atoms with Crippen molar-refractivity contribution >= 4 is 17.6 Å². The minimum Gasteiger partial charge on any atom is -0.496 e. The maximum Gasteiger partial charge on any atom is 0.129 e. The molecule has 0 radical (unpaired) electrons. The van der Waals surface area contributed by atoms with Crippen molar-refractivity contribution in [1.82, 2.24) is 0 Å². The van der Waals surface area contributed by atoms with Gasteiger partial charge in [-0.05, 0) is 56.0 Å². The van der Waals surface area contributed by atoms with Crippen LogP contribution in [0.1, 0.15) is 30.4 Å². The first-order chi connectivity index (χ1) is 11.3. The molecule has 0 amide bonds. The van der Waals surface area contributed by atoms with E-state index in [1.54, 1.807) is 7.11 Å². The number of benzene rings is 2. The van der Waals surface area contributed by atoms with Gasteiger partial charge in [0, 0.05) is 36.6 Å². The van der Waals surface area contributed by atoms with E-state index < -0.39 is 0 Å². The molecule has 2 aromatic carbocycles. The number of anilines is 1. The second-order valence-electron chi connectivity index (χ2n) is 6.07. The van der Waals surface area contributed by atoms with Crippen LogP contribution in [0, 0.1) is 6.92 Å². The summed E-state index contributed by atoms with van der Waals surface area (Å²) in [5.41, 5.74) is 4.43. The number of aryl methyl sites for hydroxylation is 1. The first-order valence-electron chi connectivity index (χ1n) is 8.30. The van der Waals surface area contributed by atoms with Crippen LogP contribution in [0.2, 0.25) is 0 Å². The fourth-order valence-electron chi connectivity index (χ4n) is 3.01. The average Bonchev–Trinajstić information content (AvgIpc) is 2.60. The van der Waals surface area contributed by atoms with Gasteiger partial charge in [0.1, 0.15) is 5.75 Å². The minimum atomic E-state index is 0.879. The zero-order valence-corrected chi connectivity index (χ0v) is 14.0. The van der Waals surface area contributed by atoms with Crippen LogP contribution >= 0.6 is 0 Å². The van der Waals surface area contributed by atoms with Crippen molar-refractivity contribution in [3.05, 3.63) is 53.6 Å². The zero-order valence-electron chi connectivity index (χ0n) is 14.0. The normalized spacial score (nSPS) is 15.1. The second kappa shape index (κ2) is 7.32. The fourth-order valence-corrected chi connectivity index (χ4v) is 3.01. The standard InChI is InChI=1S/C20H24N2O/c1-16-7-6-8-18(13-16)21-15-17-9-10-19(14-20(17)23-2)22-11-4-3-5-12-22/h6-10,13-15H,3-5,11-12H2,1-2H3. The molecule has 0 bridgehead atoms. The number of piperidine rings is 1. The van der Waals surface area contributed by atoms with Crippen LogP contribution in [0.3, 0.4) is 0 Å². The Balaban J connectivity index is 1.82. The maximum absolute atomic E-state index is 5.57. The predicted octanol–water partition coefficient (Wildman–Crippen LogP) is 4.74. The van der Waals surface area contributed by atoms with Crippen LogP contribution in [0.5, 0.6) is 5.75 Å². The molecule has 0 aromatic heterocycles. The van der Waals surface area contributed by atoms with Gasteiger partial charge >= 0.3 is 0 Å². The van der Waals surface area contributed by atoms with Gasteiger partial charge in [0.15, 0.2) is 0 Å². The van der Waals surface area contributed by atoms with Crippen LogP contribution in [0.25, 0.3) is 0 Å². The van der Waals surface area contributed by atoms with E-state index in [1.807, 2.05) is 18.3 Å². The van der Waals surface area contributed by atoms with Gasteiger partial charge in [-0.25, -0.2) is 0 Å². The quantitative estimate of drug-likeness (QED) is 0.762. The monoisotopic (exact) mass is 308 g/mol. The number of ether oxygens (including phenoxy) is 1. The van der Waals surface area contributed by atoms with Gasteiger partial charge in [0.2, 0.25) is 0 Å². The number of methoxy groups -OCH3 is 1. The van der Waals surface area contributed by atoms with E-state index in [4.69, 9.17) is 4.74 Å². The zero-order chi connectivity index (χ0) is 16.1. The number of aliphatic imine (C=N–C) groups is 1. The van der Waals surface area contributed by atoms with E-state index in [1.165, 1.54) is 30.5 Å². The Hall–Kier alpha value is -2.29. The third-order valence-corrected chi connectivity index (χ3v) is 4.29. The van der Waals surface area contributed by atoms with Crippen LogP contribution in [0.15, 0.2) is 47.5 Å². The van der Waals surface area contributed by atoms with Crippen LogP contribution in [0.4, 0.5) is 11.4 Å². The van der Waals surface area contributed by atoms with Crippen LogP contribution in [-0.2, 0) is 0 Å². The molecule has 0 spiro atoms. The van der Waals surface area contributed by atoms with Crippen molar-refractivity contribution < 1.29 is 4.74 Å². The molecule has 1 aliphatic rings. The van der Waals surface area contributed by atoms with E-state index in [-0.39, 0.29) is 0 Å². The molecule has 0 unspecified atom stereocenters. The number of hydrogen-bond donors (Lipinski definition) is 0. The number of hydrogen-bond acceptors (Lipinski definition) is 3. The summed E-state index contributed by atoms with van der Waals surface area (Å²) >= 11 is 0. The number of nitrogens with zero attached hydrogens (tertiary/aromatic N) is 2. The summed E-state index contributed by atoms with van der Waals surface area (Å²) in [7, 11) is 1.72. The lowest BCUT2D eigenvalue weighted by molar-refractivity contribution is 0.414. The molecule has 0 aliphatic carbocycles. The molecule has 3 rings (SSSR count). The molecule has 3 nitrogen and oxygen atoms in total. The Morgan fingerprint density at radius 3 is 2.61 bits per heavy atom. The highest BCUT2D eigenvalue weighted by Gasteiger charge is 2.12. The first kappa shape index (κ1) is 15.6. The van der Waals surface area contributed by atoms with Gasteiger partial charge in [0.25, 0.3) is 0 Å². The Morgan fingerprint density at radius 2 is 1.87 bits per heavy atom. The van der Waals surface area contributed by atoms with Crippen molar-refractivity contribution in [2.24, 2.45) is 4.99 Å². The number of rotatable bonds is 4. The Morgan fingerprint density at radius 1 is 1.04 bits per heavy atom. The summed E-state index contributed by atoms with van der Waals surface area (Å²) < 4.78 is 5.57. The SMILES string of the molecule is COc1cc(N2CCCCC2)ccc1C=Nc1cccc(C)c1. The minimum absolute atomic E-state index is 0.879. The lowest BCUT2D eigenvalue weighted by atomic mass is 10.1. The molecule has 1 fully saturated rings. The predicted molar refractivity (Wildman–Crippen MR) is 97.5 cm³/mol. The molecule has 2 aromatic rings. The van der Waals surface area contributed by atoms with Gasteiger partial charge in [-0.1, -0.05) is 12.1 Å². The smallest absolute Gasteiger partial charge is 0.129 e. The van der Waals surface area contributed by atoms with E-state index in [0.29, 0.717) is 0 Å². The van der Waals surface area contributed by atoms with E-state index in [2.05, 4.69) is 47.1 Å². The molecule has 3 heteroatoms. The lowest BCUT2D eigenvalue weighted by Gasteiger charge is -2.29. The summed E-state index contributed by atoms with van der Waals surface area (Å²) in [4.78, 5) is 7.01. The van der Waals surface area contributed by atoms with E-state index in [0.717, 1.165) is 30.1 Å². The summed E-state index contributed by atoms with van der Waals surface area (Å²) in [6.45, 7) is 4.35. The average molecular weight is 308 g/mol. The molecule has 1 heterocycles. The molecule has 120 valence electrons. The molecule has 1 saturated heterocycles. The molecule has 1 aliphatic heterocycles. The Labute approximate surface area is 138 Å². The molecular weight excluding hydrogens is 284 g/mol. The topological polar surface area (TPSA) is 24.8 Å². The van der Waals surface area contributed by atoms with Gasteiger partial charge < -0.3 is 9.64 Å². The Bertz CT molecular complexity index is 688. The van der Waals surface area contributed by atoms with Gasteiger partial charge in [-0.15, -0.1) is 0 Å². The second-order valence-corrected chi connectivity index (χ2v) is 6.07. The summed E-state index contributed by atoms with van der Waals surface area (Å²) in [5, 5.41) is 0. The van der Waals surface area contributed by atoms with Crippen molar-refractivity contribution in [1.29, 1.82) is 0 Å². The first-order valence-corrected chi connectivity index (χ1v) is 8.30.